The first kappa shape index (κ1) is 14.0. The highest BCUT2D eigenvalue weighted by Crippen LogP contribution is 2.26. The third-order valence-electron chi connectivity index (χ3n) is 2.13. The van der Waals surface area contributed by atoms with E-state index in [4.69, 9.17) is 4.74 Å². The first-order valence-corrected chi connectivity index (χ1v) is 6.20. The predicted octanol–water partition coefficient (Wildman–Crippen LogP) is 3.34. The number of para-hydroxylation sites is 1. The molecule has 0 saturated carbocycles. The fraction of sp³-hybridized carbons (Fsp3) is 0.417. The van der Waals surface area contributed by atoms with Crippen LogP contribution in [-0.2, 0) is 9.53 Å². The fourth-order valence-electron chi connectivity index (χ4n) is 1.40. The lowest BCUT2D eigenvalue weighted by molar-refractivity contribution is -0.143. The number of anilines is 1. The van der Waals surface area contributed by atoms with Gasteiger partial charge in [0.1, 0.15) is 5.82 Å². The molecule has 1 aromatic carbocycles. The van der Waals surface area contributed by atoms with E-state index in [-0.39, 0.29) is 24.2 Å². The minimum absolute atomic E-state index is 0.192. The molecule has 3 nitrogen and oxygen atoms in total. The zero-order valence-corrected chi connectivity index (χ0v) is 11.4. The van der Waals surface area contributed by atoms with Crippen molar-refractivity contribution in [1.82, 2.24) is 0 Å². The van der Waals surface area contributed by atoms with Crippen molar-refractivity contribution in [3.63, 3.8) is 0 Å². The van der Waals surface area contributed by atoms with Gasteiger partial charge in [0.2, 0.25) is 0 Å². The molecule has 0 fully saturated rings. The van der Waals surface area contributed by atoms with E-state index >= 15 is 0 Å². The lowest BCUT2D eigenvalue weighted by atomic mass is 10.2. The number of halogens is 2. The van der Waals surface area contributed by atoms with E-state index in [0.29, 0.717) is 16.8 Å². The largest absolute Gasteiger partial charge is 0.466 e. The molecule has 1 unspecified atom stereocenters. The summed E-state index contributed by atoms with van der Waals surface area (Å²) in [5.74, 6) is -0.643. The van der Waals surface area contributed by atoms with Gasteiger partial charge in [-0.25, -0.2) is 4.39 Å². The Morgan fingerprint density at radius 2 is 2.29 bits per heavy atom. The smallest absolute Gasteiger partial charge is 0.307 e. The van der Waals surface area contributed by atoms with Gasteiger partial charge in [-0.3, -0.25) is 4.79 Å². The van der Waals surface area contributed by atoms with Gasteiger partial charge in [0.05, 0.1) is 18.7 Å². The van der Waals surface area contributed by atoms with E-state index in [1.54, 1.807) is 26.0 Å². The van der Waals surface area contributed by atoms with Gasteiger partial charge in [-0.1, -0.05) is 6.07 Å². The number of ether oxygens (including phenoxy) is 1. The van der Waals surface area contributed by atoms with Gasteiger partial charge in [0, 0.05) is 10.5 Å². The number of nitrogens with one attached hydrogen (secondary N) is 1. The molecule has 1 atom stereocenters. The number of esters is 1. The quantitative estimate of drug-likeness (QED) is 0.848. The number of carbonyl (C=O) groups is 1. The molecule has 0 spiro atoms. The van der Waals surface area contributed by atoms with E-state index in [1.807, 2.05) is 0 Å². The zero-order valence-electron chi connectivity index (χ0n) is 9.80. The molecule has 0 amide bonds. The van der Waals surface area contributed by atoms with Crippen molar-refractivity contribution in [2.24, 2.45) is 0 Å². The van der Waals surface area contributed by atoms with E-state index < -0.39 is 0 Å². The molecular formula is C12H15BrFNO2. The molecule has 17 heavy (non-hydrogen) atoms. The molecule has 5 heteroatoms. The van der Waals surface area contributed by atoms with Crippen molar-refractivity contribution in [3.8, 4) is 0 Å². The SMILES string of the molecule is CCOC(=O)CC(C)Nc1c(F)cccc1Br. The van der Waals surface area contributed by atoms with Crippen molar-refractivity contribution < 1.29 is 13.9 Å². The Hall–Kier alpha value is -1.10. The van der Waals surface area contributed by atoms with Crippen LogP contribution in [0.2, 0.25) is 0 Å². The first-order chi connectivity index (χ1) is 8.04. The van der Waals surface area contributed by atoms with Crippen LogP contribution in [0.5, 0.6) is 0 Å². The maximum Gasteiger partial charge on any atom is 0.307 e. The van der Waals surface area contributed by atoms with E-state index in [2.05, 4.69) is 21.2 Å². The van der Waals surface area contributed by atoms with Crippen LogP contribution in [0, 0.1) is 5.82 Å². The summed E-state index contributed by atoms with van der Waals surface area (Å²) in [4.78, 5) is 11.2. The number of carbonyl (C=O) groups excluding carboxylic acids is 1. The van der Waals surface area contributed by atoms with Gasteiger partial charge in [0.25, 0.3) is 0 Å². The standard InChI is InChI=1S/C12H15BrFNO2/c1-3-17-11(16)7-8(2)15-12-9(13)5-4-6-10(12)14/h4-6,8,15H,3,7H2,1-2H3. The molecule has 0 aliphatic heterocycles. The van der Waals surface area contributed by atoms with E-state index in [9.17, 15) is 9.18 Å². The summed E-state index contributed by atoms with van der Waals surface area (Å²) in [7, 11) is 0. The van der Waals surface area contributed by atoms with Crippen LogP contribution in [0.1, 0.15) is 20.3 Å². The van der Waals surface area contributed by atoms with Gasteiger partial charge in [-0.2, -0.15) is 0 Å². The third kappa shape index (κ3) is 4.34. The Kier molecular flexibility index (Phi) is 5.41. The molecule has 0 aliphatic carbocycles. The van der Waals surface area contributed by atoms with Crippen molar-refractivity contribution in [2.45, 2.75) is 26.3 Å². The Balaban J connectivity index is 2.62. The topological polar surface area (TPSA) is 38.3 Å². The Morgan fingerprint density at radius 1 is 1.59 bits per heavy atom. The molecule has 0 heterocycles. The number of hydrogen-bond donors (Lipinski definition) is 1. The highest BCUT2D eigenvalue weighted by atomic mass is 79.9. The molecule has 1 rings (SSSR count). The van der Waals surface area contributed by atoms with Crippen LogP contribution in [0.3, 0.4) is 0 Å². The second-order valence-corrected chi connectivity index (χ2v) is 4.51. The average molecular weight is 304 g/mol. The van der Waals surface area contributed by atoms with Crippen molar-refractivity contribution in [1.29, 1.82) is 0 Å². The third-order valence-corrected chi connectivity index (χ3v) is 2.79. The van der Waals surface area contributed by atoms with Gasteiger partial charge in [0.15, 0.2) is 0 Å². The average Bonchev–Trinajstić information content (AvgIpc) is 2.24. The highest BCUT2D eigenvalue weighted by molar-refractivity contribution is 9.10. The molecule has 0 bridgehead atoms. The van der Waals surface area contributed by atoms with Crippen LogP contribution in [0.15, 0.2) is 22.7 Å². The maximum atomic E-state index is 13.5. The number of hydrogen-bond acceptors (Lipinski definition) is 3. The molecule has 0 aliphatic rings. The summed E-state index contributed by atoms with van der Waals surface area (Å²) in [6.45, 7) is 3.91. The molecule has 94 valence electrons. The van der Waals surface area contributed by atoms with Crippen molar-refractivity contribution in [3.05, 3.63) is 28.5 Å². The summed E-state index contributed by atoms with van der Waals surface area (Å²) >= 11 is 3.25. The first-order valence-electron chi connectivity index (χ1n) is 5.40. The Bertz CT molecular complexity index is 378. The summed E-state index contributed by atoms with van der Waals surface area (Å²) in [6, 6.07) is 4.52. The lowest BCUT2D eigenvalue weighted by Gasteiger charge is -2.16. The van der Waals surface area contributed by atoms with Crippen molar-refractivity contribution in [2.75, 3.05) is 11.9 Å². The number of benzene rings is 1. The van der Waals surface area contributed by atoms with Crippen LogP contribution in [0.4, 0.5) is 10.1 Å². The normalized spacial score (nSPS) is 12.0. The van der Waals surface area contributed by atoms with Crippen LogP contribution >= 0.6 is 15.9 Å². The molecular weight excluding hydrogens is 289 g/mol. The molecule has 0 saturated heterocycles. The predicted molar refractivity (Wildman–Crippen MR) is 68.4 cm³/mol. The van der Waals surface area contributed by atoms with E-state index in [1.165, 1.54) is 6.07 Å². The summed E-state index contributed by atoms with van der Waals surface area (Å²) in [6.07, 6.45) is 0.203. The van der Waals surface area contributed by atoms with Crippen LogP contribution < -0.4 is 5.32 Å². The molecule has 0 aromatic heterocycles. The Labute approximate surface area is 108 Å². The van der Waals surface area contributed by atoms with Gasteiger partial charge in [-0.15, -0.1) is 0 Å². The maximum absolute atomic E-state index is 13.5. The number of rotatable bonds is 5. The van der Waals surface area contributed by atoms with Crippen LogP contribution in [-0.4, -0.2) is 18.6 Å². The summed E-state index contributed by atoms with van der Waals surface area (Å²) in [5.41, 5.74) is 0.365. The van der Waals surface area contributed by atoms with Crippen molar-refractivity contribution >= 4 is 27.6 Å². The lowest BCUT2D eigenvalue weighted by Crippen LogP contribution is -2.21. The van der Waals surface area contributed by atoms with Gasteiger partial charge >= 0.3 is 5.97 Å². The minimum Gasteiger partial charge on any atom is -0.466 e. The summed E-state index contributed by atoms with van der Waals surface area (Å²) in [5, 5.41) is 2.95. The second-order valence-electron chi connectivity index (χ2n) is 3.65. The Morgan fingerprint density at radius 3 is 2.88 bits per heavy atom. The highest BCUT2D eigenvalue weighted by Gasteiger charge is 2.13. The fourth-order valence-corrected chi connectivity index (χ4v) is 1.86. The molecule has 0 radical (unpaired) electrons. The monoisotopic (exact) mass is 303 g/mol. The molecule has 1 N–H and O–H groups in total. The zero-order chi connectivity index (χ0) is 12.8. The minimum atomic E-state index is -0.352. The molecule has 1 aromatic rings. The second kappa shape index (κ2) is 6.59. The van der Waals surface area contributed by atoms with E-state index in [0.717, 1.165) is 0 Å². The summed E-state index contributed by atoms with van der Waals surface area (Å²) < 4.78 is 18.9. The van der Waals surface area contributed by atoms with Gasteiger partial charge < -0.3 is 10.1 Å². The van der Waals surface area contributed by atoms with Gasteiger partial charge in [-0.05, 0) is 41.9 Å². The van der Waals surface area contributed by atoms with Crippen LogP contribution in [0.25, 0.3) is 0 Å².